The number of aryl methyl sites for hydroxylation is 2. The molecule has 18 heavy (non-hydrogen) atoms. The molecule has 0 atom stereocenters. The highest BCUT2D eigenvalue weighted by Crippen LogP contribution is 2.18. The lowest BCUT2D eigenvalue weighted by Gasteiger charge is -2.09. The van der Waals surface area contributed by atoms with Crippen molar-refractivity contribution in [1.82, 2.24) is 0 Å². The number of benzene rings is 2. The zero-order valence-electron chi connectivity index (χ0n) is 10.3. The van der Waals surface area contributed by atoms with Crippen LogP contribution in [0.1, 0.15) is 16.7 Å². The summed E-state index contributed by atoms with van der Waals surface area (Å²) in [5.74, 6) is 0.0383. The Morgan fingerprint density at radius 3 is 2.44 bits per heavy atom. The van der Waals surface area contributed by atoms with Gasteiger partial charge in [0, 0.05) is 0 Å². The fourth-order valence-electron chi connectivity index (χ4n) is 1.66. The zero-order chi connectivity index (χ0) is 13.1. The van der Waals surface area contributed by atoms with Crippen molar-refractivity contribution < 1.29 is 13.5 Å². The molecule has 2 aromatic rings. The first-order valence-corrected chi connectivity index (χ1v) is 5.70. The number of hydrogen-bond acceptors (Lipinski definition) is 1. The molecule has 0 unspecified atom stereocenters. The van der Waals surface area contributed by atoms with E-state index in [4.69, 9.17) is 4.74 Å². The van der Waals surface area contributed by atoms with Crippen LogP contribution in [0.5, 0.6) is 5.75 Å². The van der Waals surface area contributed by atoms with Crippen molar-refractivity contribution >= 4 is 0 Å². The first kappa shape index (κ1) is 12.6. The zero-order valence-corrected chi connectivity index (χ0v) is 10.3. The van der Waals surface area contributed by atoms with E-state index in [1.165, 1.54) is 18.2 Å². The van der Waals surface area contributed by atoms with Gasteiger partial charge in [-0.2, -0.15) is 0 Å². The third kappa shape index (κ3) is 2.86. The molecule has 0 aromatic heterocycles. The number of hydrogen-bond donors (Lipinski definition) is 0. The lowest BCUT2D eigenvalue weighted by atomic mass is 10.1. The Balaban J connectivity index is 2.11. The van der Waals surface area contributed by atoms with Crippen molar-refractivity contribution in [2.75, 3.05) is 0 Å². The van der Waals surface area contributed by atoms with Gasteiger partial charge in [0.05, 0.1) is 0 Å². The summed E-state index contributed by atoms with van der Waals surface area (Å²) in [7, 11) is 0. The Kier molecular flexibility index (Phi) is 3.60. The molecule has 94 valence electrons. The molecule has 0 aliphatic rings. The van der Waals surface area contributed by atoms with E-state index in [1.807, 2.05) is 6.92 Å². The third-order valence-corrected chi connectivity index (χ3v) is 2.83. The Morgan fingerprint density at radius 1 is 0.944 bits per heavy atom. The average Bonchev–Trinajstić information content (AvgIpc) is 2.34. The maximum atomic E-state index is 13.1. The van der Waals surface area contributed by atoms with Gasteiger partial charge >= 0.3 is 0 Å². The highest BCUT2D eigenvalue weighted by Gasteiger charge is 2.03. The van der Waals surface area contributed by atoms with Gasteiger partial charge in [-0.1, -0.05) is 6.07 Å². The monoisotopic (exact) mass is 248 g/mol. The van der Waals surface area contributed by atoms with Gasteiger partial charge in [-0.3, -0.25) is 0 Å². The van der Waals surface area contributed by atoms with E-state index in [1.54, 1.807) is 25.1 Å². The molecule has 0 saturated heterocycles. The van der Waals surface area contributed by atoms with Crippen molar-refractivity contribution in [2.45, 2.75) is 20.5 Å². The van der Waals surface area contributed by atoms with Crippen LogP contribution in [0.2, 0.25) is 0 Å². The number of rotatable bonds is 3. The Morgan fingerprint density at radius 2 is 1.72 bits per heavy atom. The predicted octanol–water partition coefficient (Wildman–Crippen LogP) is 4.16. The van der Waals surface area contributed by atoms with Gasteiger partial charge < -0.3 is 4.74 Å². The minimum absolute atomic E-state index is 0.260. The summed E-state index contributed by atoms with van der Waals surface area (Å²) in [6.07, 6.45) is 0. The number of ether oxygens (including phenoxy) is 1. The lowest BCUT2D eigenvalue weighted by Crippen LogP contribution is -1.99. The summed E-state index contributed by atoms with van der Waals surface area (Å²) >= 11 is 0. The van der Waals surface area contributed by atoms with E-state index in [9.17, 15) is 8.78 Å². The maximum Gasteiger partial charge on any atom is 0.126 e. The smallest absolute Gasteiger partial charge is 0.126 e. The fraction of sp³-hybridized carbons (Fsp3) is 0.200. The molecule has 2 aromatic carbocycles. The molecule has 0 N–H and O–H groups in total. The molecular weight excluding hydrogens is 234 g/mol. The van der Waals surface area contributed by atoms with Crippen molar-refractivity contribution in [3.8, 4) is 5.75 Å². The summed E-state index contributed by atoms with van der Waals surface area (Å²) in [6.45, 7) is 3.85. The molecule has 2 rings (SSSR count). The predicted molar refractivity (Wildman–Crippen MR) is 66.6 cm³/mol. The van der Waals surface area contributed by atoms with Crippen LogP contribution in [-0.4, -0.2) is 0 Å². The van der Waals surface area contributed by atoms with E-state index in [2.05, 4.69) is 0 Å². The SMILES string of the molecule is Cc1cc(OCc2cc(F)ccc2C)ccc1F. The van der Waals surface area contributed by atoms with E-state index in [0.717, 1.165) is 11.1 Å². The van der Waals surface area contributed by atoms with Crippen molar-refractivity contribution in [2.24, 2.45) is 0 Å². The van der Waals surface area contributed by atoms with Gasteiger partial charge in [0.1, 0.15) is 24.0 Å². The van der Waals surface area contributed by atoms with Crippen LogP contribution < -0.4 is 4.74 Å². The second-order valence-corrected chi connectivity index (χ2v) is 4.27. The molecule has 0 bridgehead atoms. The quantitative estimate of drug-likeness (QED) is 0.792. The Labute approximate surface area is 105 Å². The van der Waals surface area contributed by atoms with E-state index < -0.39 is 0 Å². The van der Waals surface area contributed by atoms with Crippen LogP contribution in [0, 0.1) is 25.5 Å². The fourth-order valence-corrected chi connectivity index (χ4v) is 1.66. The first-order chi connectivity index (χ1) is 8.56. The summed E-state index contributed by atoms with van der Waals surface area (Å²) in [6, 6.07) is 9.14. The Hall–Kier alpha value is -1.90. The van der Waals surface area contributed by atoms with Crippen molar-refractivity contribution in [3.63, 3.8) is 0 Å². The summed E-state index contributed by atoms with van der Waals surface area (Å²) in [5.41, 5.74) is 2.29. The topological polar surface area (TPSA) is 9.23 Å². The third-order valence-electron chi connectivity index (χ3n) is 2.83. The van der Waals surface area contributed by atoms with E-state index in [0.29, 0.717) is 11.3 Å². The summed E-state index contributed by atoms with van der Waals surface area (Å²) in [5, 5.41) is 0. The molecule has 0 radical (unpaired) electrons. The van der Waals surface area contributed by atoms with Crippen LogP contribution >= 0.6 is 0 Å². The molecule has 0 spiro atoms. The van der Waals surface area contributed by atoms with Crippen LogP contribution in [-0.2, 0) is 6.61 Å². The van der Waals surface area contributed by atoms with Crippen molar-refractivity contribution in [3.05, 3.63) is 64.7 Å². The molecule has 3 heteroatoms. The highest BCUT2D eigenvalue weighted by atomic mass is 19.1. The van der Waals surface area contributed by atoms with Crippen LogP contribution in [0.4, 0.5) is 8.78 Å². The molecule has 0 aliphatic carbocycles. The highest BCUT2D eigenvalue weighted by molar-refractivity contribution is 5.30. The standard InChI is InChI=1S/C15H14F2O/c1-10-3-4-13(16)8-12(10)9-18-14-5-6-15(17)11(2)7-14/h3-8H,9H2,1-2H3. The van der Waals surface area contributed by atoms with Gasteiger partial charge in [0.15, 0.2) is 0 Å². The molecule has 0 saturated carbocycles. The molecule has 1 nitrogen and oxygen atoms in total. The average molecular weight is 248 g/mol. The summed E-state index contributed by atoms with van der Waals surface area (Å²) in [4.78, 5) is 0. The molecule has 0 fully saturated rings. The van der Waals surface area contributed by atoms with Gasteiger partial charge in [0.2, 0.25) is 0 Å². The molecule has 0 amide bonds. The van der Waals surface area contributed by atoms with Gasteiger partial charge in [0.25, 0.3) is 0 Å². The normalized spacial score (nSPS) is 10.4. The largest absolute Gasteiger partial charge is 0.489 e. The Bertz CT molecular complexity index is 564. The molecular formula is C15H14F2O. The number of halogens is 2. The lowest BCUT2D eigenvalue weighted by molar-refractivity contribution is 0.304. The second-order valence-electron chi connectivity index (χ2n) is 4.27. The van der Waals surface area contributed by atoms with Crippen LogP contribution in [0.25, 0.3) is 0 Å². The van der Waals surface area contributed by atoms with Gasteiger partial charge in [-0.15, -0.1) is 0 Å². The van der Waals surface area contributed by atoms with E-state index >= 15 is 0 Å². The van der Waals surface area contributed by atoms with Gasteiger partial charge in [-0.25, -0.2) is 8.78 Å². The molecule has 0 heterocycles. The van der Waals surface area contributed by atoms with E-state index in [-0.39, 0.29) is 18.2 Å². The van der Waals surface area contributed by atoms with Crippen LogP contribution in [0.15, 0.2) is 36.4 Å². The van der Waals surface area contributed by atoms with Gasteiger partial charge in [-0.05, 0) is 60.9 Å². The molecule has 0 aliphatic heterocycles. The summed E-state index contributed by atoms with van der Waals surface area (Å²) < 4.78 is 31.7. The first-order valence-electron chi connectivity index (χ1n) is 5.70. The van der Waals surface area contributed by atoms with Crippen LogP contribution in [0.3, 0.4) is 0 Å². The maximum absolute atomic E-state index is 13.1. The minimum atomic E-state index is -0.283. The minimum Gasteiger partial charge on any atom is -0.489 e. The second kappa shape index (κ2) is 5.17. The van der Waals surface area contributed by atoms with Crippen molar-refractivity contribution in [1.29, 1.82) is 0 Å².